The molecule has 3 aromatic carbocycles. The van der Waals surface area contributed by atoms with E-state index in [1.54, 1.807) is 52.6 Å². The zero-order chi connectivity index (χ0) is 27.3. The second-order valence-corrected chi connectivity index (χ2v) is 9.44. The molecule has 7 heteroatoms. The highest BCUT2D eigenvalue weighted by atomic mass is 32.2. The molecule has 200 valence electrons. The van der Waals surface area contributed by atoms with Crippen molar-refractivity contribution in [3.63, 3.8) is 0 Å². The Balaban J connectivity index is 1.89. The predicted molar refractivity (Wildman–Crippen MR) is 158 cm³/mol. The third-order valence-corrected chi connectivity index (χ3v) is 7.18. The number of benzene rings is 3. The van der Waals surface area contributed by atoms with Crippen LogP contribution in [0.4, 0.5) is 0 Å². The zero-order valence-corrected chi connectivity index (χ0v) is 23.5. The fourth-order valence-corrected chi connectivity index (χ4v) is 4.99. The molecule has 1 N–H and O–H groups in total. The quantitative estimate of drug-likeness (QED) is 0.154. The molecule has 1 atom stereocenters. The van der Waals surface area contributed by atoms with E-state index in [1.165, 1.54) is 11.8 Å². The lowest BCUT2D eigenvalue weighted by molar-refractivity contribution is 0.102. The molecule has 0 saturated heterocycles. The van der Waals surface area contributed by atoms with Crippen LogP contribution in [0.15, 0.2) is 83.4 Å². The van der Waals surface area contributed by atoms with Crippen molar-refractivity contribution in [2.75, 3.05) is 40.7 Å². The fourth-order valence-electron chi connectivity index (χ4n) is 4.10. The van der Waals surface area contributed by atoms with Gasteiger partial charge in [-0.05, 0) is 72.1 Å². The topological polar surface area (TPSA) is 69.2 Å². The molecule has 0 aliphatic rings. The number of carbonyl (C=O) groups is 1. The third kappa shape index (κ3) is 7.97. The zero-order valence-electron chi connectivity index (χ0n) is 22.7. The van der Waals surface area contributed by atoms with Gasteiger partial charge in [-0.25, -0.2) is 0 Å². The van der Waals surface area contributed by atoms with E-state index in [2.05, 4.69) is 41.5 Å². The number of nitrogens with one attached hydrogen (secondary N) is 1. The van der Waals surface area contributed by atoms with Gasteiger partial charge in [0.05, 0.1) is 32.1 Å². The number of carbonyl (C=O) groups excluding carboxylic acids is 1. The van der Waals surface area contributed by atoms with Crippen LogP contribution in [0.5, 0.6) is 17.2 Å². The van der Waals surface area contributed by atoms with Gasteiger partial charge in [-0.3, -0.25) is 9.79 Å². The molecular formula is C31H36N2O4S. The van der Waals surface area contributed by atoms with Gasteiger partial charge in [0.15, 0.2) is 17.3 Å². The van der Waals surface area contributed by atoms with Gasteiger partial charge in [0.1, 0.15) is 5.75 Å². The van der Waals surface area contributed by atoms with Crippen LogP contribution in [0.3, 0.4) is 0 Å². The van der Waals surface area contributed by atoms with Crippen molar-refractivity contribution in [2.45, 2.75) is 19.4 Å². The first kappa shape index (κ1) is 29.0. The summed E-state index contributed by atoms with van der Waals surface area (Å²) in [6, 6.07) is 23.4. The number of methoxy groups -OCH3 is 3. The normalized spacial score (nSPS) is 12.7. The molecule has 1 unspecified atom stereocenters. The van der Waals surface area contributed by atoms with E-state index < -0.39 is 0 Å². The van der Waals surface area contributed by atoms with Crippen LogP contribution in [-0.2, 0) is 0 Å². The number of rotatable bonds is 13. The molecule has 6 nitrogen and oxygen atoms in total. The average molecular weight is 533 g/mol. The van der Waals surface area contributed by atoms with Crippen molar-refractivity contribution in [3.8, 4) is 17.2 Å². The maximum absolute atomic E-state index is 12.9. The SMILES string of the molecule is CCNC(CC(=C/c1ccccc1)/C(=N\C)SCC(=O)c1ccc(OC)cc1)c1ccc(OC)c(OC)c1. The summed E-state index contributed by atoms with van der Waals surface area (Å²) in [6.07, 6.45) is 2.83. The van der Waals surface area contributed by atoms with E-state index in [0.29, 0.717) is 23.5 Å². The van der Waals surface area contributed by atoms with Crippen LogP contribution in [0, 0.1) is 0 Å². The molecule has 0 aliphatic heterocycles. The Bertz CT molecular complexity index is 1240. The van der Waals surface area contributed by atoms with Gasteiger partial charge in [0.25, 0.3) is 0 Å². The Morgan fingerprint density at radius 2 is 1.66 bits per heavy atom. The monoisotopic (exact) mass is 532 g/mol. The third-order valence-electron chi connectivity index (χ3n) is 6.05. The first-order valence-corrected chi connectivity index (χ1v) is 13.5. The number of hydrogen-bond donors (Lipinski definition) is 1. The van der Waals surface area contributed by atoms with Gasteiger partial charge in [-0.1, -0.05) is 55.1 Å². The number of Topliss-reactive ketones (excluding diaryl/α,β-unsaturated/α-hetero) is 1. The largest absolute Gasteiger partial charge is 0.497 e. The van der Waals surface area contributed by atoms with Gasteiger partial charge in [0, 0.05) is 18.7 Å². The van der Waals surface area contributed by atoms with Crippen LogP contribution < -0.4 is 19.5 Å². The molecule has 0 spiro atoms. The summed E-state index contributed by atoms with van der Waals surface area (Å²) in [7, 11) is 6.66. The molecule has 0 aliphatic carbocycles. The van der Waals surface area contributed by atoms with Gasteiger partial charge >= 0.3 is 0 Å². The summed E-state index contributed by atoms with van der Waals surface area (Å²) in [6.45, 7) is 2.88. The van der Waals surface area contributed by atoms with Crippen molar-refractivity contribution in [1.29, 1.82) is 0 Å². The molecule has 0 fully saturated rings. The fraction of sp³-hybridized carbons (Fsp3) is 0.290. The first-order valence-electron chi connectivity index (χ1n) is 12.5. The second-order valence-electron chi connectivity index (χ2n) is 8.48. The molecule has 3 rings (SSSR count). The van der Waals surface area contributed by atoms with Gasteiger partial charge < -0.3 is 19.5 Å². The van der Waals surface area contributed by atoms with Crippen LogP contribution >= 0.6 is 11.8 Å². The Hall–Kier alpha value is -3.55. The summed E-state index contributed by atoms with van der Waals surface area (Å²) in [5.41, 5.74) is 3.86. The summed E-state index contributed by atoms with van der Waals surface area (Å²) >= 11 is 1.46. The lowest BCUT2D eigenvalue weighted by Gasteiger charge is -2.22. The van der Waals surface area contributed by atoms with E-state index in [4.69, 9.17) is 14.2 Å². The van der Waals surface area contributed by atoms with Gasteiger partial charge in [-0.2, -0.15) is 0 Å². The number of hydrogen-bond acceptors (Lipinski definition) is 7. The molecule has 0 saturated carbocycles. The Morgan fingerprint density at radius 1 is 0.947 bits per heavy atom. The van der Waals surface area contributed by atoms with E-state index in [1.807, 2.05) is 30.3 Å². The van der Waals surface area contributed by atoms with E-state index >= 15 is 0 Å². The standard InChI is InChI=1S/C31H36N2O4S/c1-6-33-27(24-14-17-29(36-4)30(20-24)37-5)19-25(18-22-10-8-7-9-11-22)31(32-2)38-21-28(34)23-12-15-26(35-3)16-13-23/h7-18,20,27,33H,6,19,21H2,1-5H3/b25-18-,32-31+. The van der Waals surface area contributed by atoms with Crippen molar-refractivity contribution in [1.82, 2.24) is 5.32 Å². The molecule has 0 radical (unpaired) electrons. The minimum absolute atomic E-state index is 0.00408. The second kappa shape index (κ2) is 15.0. The number of aliphatic imine (C=N–C) groups is 1. The number of nitrogens with zero attached hydrogens (tertiary/aromatic N) is 1. The van der Waals surface area contributed by atoms with Crippen molar-refractivity contribution in [3.05, 3.63) is 95.1 Å². The minimum Gasteiger partial charge on any atom is -0.497 e. The molecule has 0 heterocycles. The summed E-state index contributed by atoms with van der Waals surface area (Å²) in [4.78, 5) is 17.6. The van der Waals surface area contributed by atoms with Gasteiger partial charge in [0.2, 0.25) is 0 Å². The molecule has 0 amide bonds. The maximum atomic E-state index is 12.9. The highest BCUT2D eigenvalue weighted by Crippen LogP contribution is 2.33. The molecule has 0 aromatic heterocycles. The summed E-state index contributed by atoms with van der Waals surface area (Å²) < 4.78 is 16.2. The summed E-state index contributed by atoms with van der Waals surface area (Å²) in [5, 5.41) is 4.44. The molecule has 38 heavy (non-hydrogen) atoms. The number of thioether (sulfide) groups is 1. The number of ketones is 1. The minimum atomic E-state index is 0.00408. The van der Waals surface area contributed by atoms with Crippen molar-refractivity contribution >= 4 is 28.7 Å². The van der Waals surface area contributed by atoms with Gasteiger partial charge in [-0.15, -0.1) is 0 Å². The Morgan fingerprint density at radius 3 is 2.26 bits per heavy atom. The highest BCUT2D eigenvalue weighted by Gasteiger charge is 2.20. The first-order chi connectivity index (χ1) is 18.5. The van der Waals surface area contributed by atoms with E-state index in [0.717, 1.165) is 34.0 Å². The van der Waals surface area contributed by atoms with E-state index in [-0.39, 0.29) is 17.6 Å². The van der Waals surface area contributed by atoms with Crippen LogP contribution in [0.2, 0.25) is 0 Å². The van der Waals surface area contributed by atoms with Crippen LogP contribution in [0.1, 0.15) is 40.9 Å². The number of ether oxygens (including phenoxy) is 3. The smallest absolute Gasteiger partial charge is 0.173 e. The lowest BCUT2D eigenvalue weighted by atomic mass is 9.97. The molecule has 0 bridgehead atoms. The Kier molecular flexibility index (Phi) is 11.5. The van der Waals surface area contributed by atoms with E-state index in [9.17, 15) is 4.79 Å². The van der Waals surface area contributed by atoms with Crippen LogP contribution in [-0.4, -0.2) is 51.5 Å². The molecule has 3 aromatic rings. The van der Waals surface area contributed by atoms with Crippen LogP contribution in [0.25, 0.3) is 6.08 Å². The predicted octanol–water partition coefficient (Wildman–Crippen LogP) is 6.48. The lowest BCUT2D eigenvalue weighted by Crippen LogP contribution is -2.23. The van der Waals surface area contributed by atoms with Crippen molar-refractivity contribution < 1.29 is 19.0 Å². The summed E-state index contributed by atoms with van der Waals surface area (Å²) in [5.74, 6) is 2.43. The highest BCUT2D eigenvalue weighted by molar-refractivity contribution is 8.15. The Labute approximate surface area is 230 Å². The molecular weight excluding hydrogens is 496 g/mol. The van der Waals surface area contributed by atoms with Crippen molar-refractivity contribution in [2.24, 2.45) is 4.99 Å². The maximum Gasteiger partial charge on any atom is 0.173 e. The average Bonchev–Trinajstić information content (AvgIpc) is 2.97.